The Bertz CT molecular complexity index is 340. The Hall–Kier alpha value is -1.26. The summed E-state index contributed by atoms with van der Waals surface area (Å²) in [5.41, 5.74) is 0.721. The van der Waals surface area contributed by atoms with Crippen LogP contribution in [0, 0.1) is 0 Å². The van der Waals surface area contributed by atoms with Gasteiger partial charge in [-0.05, 0) is 39.2 Å². The fourth-order valence-electron chi connectivity index (χ4n) is 1.50. The zero-order chi connectivity index (χ0) is 12.1. The van der Waals surface area contributed by atoms with Crippen LogP contribution in [-0.2, 0) is 0 Å². The monoisotopic (exact) mass is 224 g/mol. The van der Waals surface area contributed by atoms with E-state index >= 15 is 0 Å². The topological polar surface area (TPSA) is 55.7 Å². The van der Waals surface area contributed by atoms with E-state index in [1.54, 1.807) is 6.07 Å². The lowest BCUT2D eigenvalue weighted by atomic mass is 10.1. The molecule has 0 aliphatic heterocycles. The molecule has 0 aliphatic carbocycles. The summed E-state index contributed by atoms with van der Waals surface area (Å²) in [5.74, 6) is 0.386. The molecule has 0 radical (unpaired) electrons. The van der Waals surface area contributed by atoms with Crippen molar-refractivity contribution in [2.24, 2.45) is 0 Å². The van der Waals surface area contributed by atoms with Crippen molar-refractivity contribution in [3.63, 3.8) is 0 Å². The molecule has 4 heteroatoms. The molecule has 0 spiro atoms. The van der Waals surface area contributed by atoms with E-state index in [0.29, 0.717) is 0 Å². The molecule has 1 unspecified atom stereocenters. The van der Waals surface area contributed by atoms with Crippen LogP contribution >= 0.6 is 0 Å². The number of nitrogens with zero attached hydrogens (tertiary/aromatic N) is 1. The van der Waals surface area contributed by atoms with Crippen molar-refractivity contribution in [2.75, 3.05) is 27.2 Å². The minimum absolute atomic E-state index is 0.0204. The number of rotatable bonds is 5. The molecule has 3 N–H and O–H groups in total. The Labute approximate surface area is 96.5 Å². The van der Waals surface area contributed by atoms with E-state index in [0.717, 1.165) is 18.7 Å². The first-order valence-corrected chi connectivity index (χ1v) is 5.40. The highest BCUT2D eigenvalue weighted by Gasteiger charge is 2.10. The minimum Gasteiger partial charge on any atom is -0.508 e. The largest absolute Gasteiger partial charge is 0.508 e. The summed E-state index contributed by atoms with van der Waals surface area (Å²) in [7, 11) is 4.02. The van der Waals surface area contributed by atoms with Crippen molar-refractivity contribution < 1.29 is 10.2 Å². The summed E-state index contributed by atoms with van der Waals surface area (Å²) >= 11 is 0. The molecule has 0 saturated heterocycles. The number of hydrogen-bond donors (Lipinski definition) is 3. The zero-order valence-electron chi connectivity index (χ0n) is 10.1. The lowest BCUT2D eigenvalue weighted by Gasteiger charge is -2.17. The Morgan fingerprint density at radius 3 is 2.62 bits per heavy atom. The standard InChI is InChI=1S/C12H20N2O2/c1-9(13-6-7-14(2)3)11-8-10(15)4-5-12(11)16/h4-5,8-9,13,15-16H,6-7H2,1-3H3. The maximum Gasteiger partial charge on any atom is 0.120 e. The average Bonchev–Trinajstić information content (AvgIpc) is 2.21. The second kappa shape index (κ2) is 5.72. The quantitative estimate of drug-likeness (QED) is 0.660. The number of likely N-dealkylation sites (N-methyl/N-ethyl adjacent to an activating group) is 1. The third-order valence-corrected chi connectivity index (χ3v) is 2.49. The Kier molecular flexibility index (Phi) is 4.58. The third-order valence-electron chi connectivity index (χ3n) is 2.49. The van der Waals surface area contributed by atoms with Gasteiger partial charge in [0.2, 0.25) is 0 Å². The molecule has 1 rings (SSSR count). The molecule has 0 aromatic heterocycles. The van der Waals surface area contributed by atoms with Gasteiger partial charge < -0.3 is 20.4 Å². The highest BCUT2D eigenvalue weighted by Crippen LogP contribution is 2.27. The number of phenolic OH excluding ortho intramolecular Hbond substituents is 2. The zero-order valence-corrected chi connectivity index (χ0v) is 10.1. The van der Waals surface area contributed by atoms with Crippen molar-refractivity contribution in [3.05, 3.63) is 23.8 Å². The predicted molar refractivity (Wildman–Crippen MR) is 64.7 cm³/mol. The van der Waals surface area contributed by atoms with Crippen molar-refractivity contribution in [1.82, 2.24) is 10.2 Å². The molecule has 0 fully saturated rings. The number of nitrogens with one attached hydrogen (secondary N) is 1. The van der Waals surface area contributed by atoms with Gasteiger partial charge in [-0.15, -0.1) is 0 Å². The number of phenols is 2. The van der Waals surface area contributed by atoms with E-state index in [-0.39, 0.29) is 17.5 Å². The van der Waals surface area contributed by atoms with Crippen molar-refractivity contribution in [2.45, 2.75) is 13.0 Å². The SMILES string of the molecule is CC(NCCN(C)C)c1cc(O)ccc1O. The summed E-state index contributed by atoms with van der Waals surface area (Å²) in [4.78, 5) is 2.09. The van der Waals surface area contributed by atoms with Gasteiger partial charge in [0.25, 0.3) is 0 Å². The maximum atomic E-state index is 9.65. The molecule has 1 atom stereocenters. The van der Waals surface area contributed by atoms with Crippen molar-refractivity contribution in [1.29, 1.82) is 0 Å². The third kappa shape index (κ3) is 3.72. The van der Waals surface area contributed by atoms with Gasteiger partial charge in [-0.25, -0.2) is 0 Å². The normalized spacial score (nSPS) is 13.0. The lowest BCUT2D eigenvalue weighted by molar-refractivity contribution is 0.384. The summed E-state index contributed by atoms with van der Waals surface area (Å²) in [6.45, 7) is 3.73. The summed E-state index contributed by atoms with van der Waals surface area (Å²) in [5, 5.41) is 22.3. The van der Waals surface area contributed by atoms with Crippen LogP contribution in [-0.4, -0.2) is 42.3 Å². The van der Waals surface area contributed by atoms with Crippen LogP contribution < -0.4 is 5.32 Å². The molecule has 4 nitrogen and oxygen atoms in total. The molecular weight excluding hydrogens is 204 g/mol. The van der Waals surface area contributed by atoms with Crippen molar-refractivity contribution >= 4 is 0 Å². The Morgan fingerprint density at radius 2 is 2.00 bits per heavy atom. The Balaban J connectivity index is 2.58. The second-order valence-corrected chi connectivity index (χ2v) is 4.22. The number of hydrogen-bond acceptors (Lipinski definition) is 4. The van der Waals surface area contributed by atoms with E-state index in [9.17, 15) is 10.2 Å². The van der Waals surface area contributed by atoms with Crippen LogP contribution in [0.15, 0.2) is 18.2 Å². The number of aromatic hydroxyl groups is 2. The molecule has 1 aromatic rings. The highest BCUT2D eigenvalue weighted by atomic mass is 16.3. The van der Waals surface area contributed by atoms with E-state index in [1.165, 1.54) is 12.1 Å². The first-order valence-electron chi connectivity index (χ1n) is 5.40. The van der Waals surface area contributed by atoms with Gasteiger partial charge in [-0.2, -0.15) is 0 Å². The summed E-state index contributed by atoms with van der Waals surface area (Å²) in [6.07, 6.45) is 0. The maximum absolute atomic E-state index is 9.65. The second-order valence-electron chi connectivity index (χ2n) is 4.22. The molecule has 90 valence electrons. The molecule has 0 heterocycles. The molecule has 0 amide bonds. The molecular formula is C12H20N2O2. The van der Waals surface area contributed by atoms with E-state index in [1.807, 2.05) is 21.0 Å². The fraction of sp³-hybridized carbons (Fsp3) is 0.500. The van der Waals surface area contributed by atoms with Gasteiger partial charge in [-0.3, -0.25) is 0 Å². The van der Waals surface area contributed by atoms with Gasteiger partial charge in [0.15, 0.2) is 0 Å². The predicted octanol–water partition coefficient (Wildman–Crippen LogP) is 1.31. The molecule has 0 aliphatic rings. The first kappa shape index (κ1) is 12.8. The average molecular weight is 224 g/mol. The highest BCUT2D eigenvalue weighted by molar-refractivity contribution is 5.40. The van der Waals surface area contributed by atoms with Crippen molar-refractivity contribution in [3.8, 4) is 11.5 Å². The van der Waals surface area contributed by atoms with E-state index in [4.69, 9.17) is 0 Å². The van der Waals surface area contributed by atoms with Crippen LogP contribution in [0.5, 0.6) is 11.5 Å². The minimum atomic E-state index is 0.0204. The van der Waals surface area contributed by atoms with Gasteiger partial charge >= 0.3 is 0 Å². The van der Waals surface area contributed by atoms with E-state index < -0.39 is 0 Å². The molecule has 0 saturated carbocycles. The van der Waals surface area contributed by atoms with Gasteiger partial charge in [-0.1, -0.05) is 0 Å². The van der Waals surface area contributed by atoms with Gasteiger partial charge in [0.05, 0.1) is 0 Å². The summed E-state index contributed by atoms with van der Waals surface area (Å²) < 4.78 is 0. The molecule has 16 heavy (non-hydrogen) atoms. The Morgan fingerprint density at radius 1 is 1.31 bits per heavy atom. The van der Waals surface area contributed by atoms with Gasteiger partial charge in [0, 0.05) is 24.7 Å². The van der Waals surface area contributed by atoms with Crippen LogP contribution in [0.2, 0.25) is 0 Å². The number of benzene rings is 1. The van der Waals surface area contributed by atoms with E-state index in [2.05, 4.69) is 10.2 Å². The lowest BCUT2D eigenvalue weighted by Crippen LogP contribution is -2.28. The molecule has 0 bridgehead atoms. The van der Waals surface area contributed by atoms with Crippen LogP contribution in [0.25, 0.3) is 0 Å². The summed E-state index contributed by atoms with van der Waals surface area (Å²) in [6, 6.07) is 4.59. The van der Waals surface area contributed by atoms with Gasteiger partial charge in [0.1, 0.15) is 11.5 Å². The molecule has 1 aromatic carbocycles. The van der Waals surface area contributed by atoms with Crippen LogP contribution in [0.3, 0.4) is 0 Å². The van der Waals surface area contributed by atoms with Crippen LogP contribution in [0.4, 0.5) is 0 Å². The first-order chi connectivity index (χ1) is 7.50. The smallest absolute Gasteiger partial charge is 0.120 e. The fourth-order valence-corrected chi connectivity index (χ4v) is 1.50. The van der Waals surface area contributed by atoms with Crippen LogP contribution in [0.1, 0.15) is 18.5 Å².